The molecule has 0 radical (unpaired) electrons. The number of rotatable bonds is 70. The van der Waals surface area contributed by atoms with E-state index in [1.165, 1.54) is 257 Å². The Morgan fingerprint density at radius 3 is 1.02 bits per heavy atom. The molecule has 3 rings (SSSR count). The van der Waals surface area contributed by atoms with Crippen LogP contribution in [-0.4, -0.2) is 193 Å². The Morgan fingerprint density at radius 1 is 0.349 bits per heavy atom. The average Bonchev–Trinajstić information content (AvgIpc) is 0.779. The van der Waals surface area contributed by atoms with Crippen molar-refractivity contribution in [2.75, 3.05) is 26.4 Å². The lowest BCUT2D eigenvalue weighted by molar-refractivity contribution is -0.379. The molecule has 17 unspecified atom stereocenters. The highest BCUT2D eigenvalue weighted by molar-refractivity contribution is 5.76. The first-order chi connectivity index (χ1) is 51.8. The highest BCUT2D eigenvalue weighted by Gasteiger charge is 2.54. The summed E-state index contributed by atoms with van der Waals surface area (Å²) >= 11 is 0. The predicted octanol–water partition coefficient (Wildman–Crippen LogP) is 15.8. The molecule has 3 aliphatic heterocycles. The lowest BCUT2D eigenvalue weighted by Gasteiger charge is -2.48. The summed E-state index contributed by atoms with van der Waals surface area (Å²) in [6.45, 7) is 1.68. The van der Waals surface area contributed by atoms with Gasteiger partial charge < -0.3 is 89.9 Å². The number of carbonyl (C=O) groups excluding carboxylic acids is 1. The molecule has 0 aromatic heterocycles. The Kier molecular flexibility index (Phi) is 61.8. The number of hydrogen-bond acceptors (Lipinski definition) is 18. The molecule has 17 atom stereocenters. The van der Waals surface area contributed by atoms with Gasteiger partial charge in [-0.2, -0.15) is 0 Å². The van der Waals surface area contributed by atoms with Crippen LogP contribution in [0.5, 0.6) is 0 Å². The van der Waals surface area contributed by atoms with E-state index in [9.17, 15) is 61.0 Å². The minimum absolute atomic E-state index is 0.246. The molecule has 19 nitrogen and oxygen atoms in total. The van der Waals surface area contributed by atoms with Gasteiger partial charge in [0.25, 0.3) is 0 Å². The van der Waals surface area contributed by atoms with Gasteiger partial charge >= 0.3 is 0 Å². The maximum absolute atomic E-state index is 13.5. The lowest BCUT2D eigenvalue weighted by Crippen LogP contribution is -2.66. The summed E-state index contributed by atoms with van der Waals surface area (Å²) in [5.41, 5.74) is 0. The number of allylic oxidation sites excluding steroid dienone is 9. The summed E-state index contributed by atoms with van der Waals surface area (Å²) in [4.78, 5) is 13.5. The molecule has 106 heavy (non-hydrogen) atoms. The van der Waals surface area contributed by atoms with Crippen molar-refractivity contribution in [3.8, 4) is 0 Å². The first-order valence-electron chi connectivity index (χ1n) is 43.5. The summed E-state index contributed by atoms with van der Waals surface area (Å²) < 4.78 is 34.5. The molecular weight excluding hydrogens is 1350 g/mol. The largest absolute Gasteiger partial charge is 0.394 e. The number of aliphatic hydroxyl groups excluding tert-OH is 11. The molecule has 0 bridgehead atoms. The fraction of sp³-hybridized carbons (Fsp3) is 0.874. The number of nitrogens with one attached hydrogen (secondary N) is 1. The summed E-state index contributed by atoms with van der Waals surface area (Å²) in [6.07, 6.45) is 60.8. The fourth-order valence-corrected chi connectivity index (χ4v) is 14.7. The Morgan fingerprint density at radius 2 is 0.651 bits per heavy atom. The van der Waals surface area contributed by atoms with Crippen molar-refractivity contribution in [3.05, 3.63) is 60.8 Å². The molecule has 0 spiro atoms. The SMILES string of the molecule is CC/C=C\C/C=C\C/C=C\C/C=C\CCCCCCCCCCCCCCCCCCCCCCCCC(=O)NC(COC1OC(CO)C(OC2OC(CO)C(OC3OC(CO)C(O)C(O)C3O)C(O)C2O)C(O)C1O)C(O)/C=C/CCCCCCCCCCCCCCCCCCCCCCCCCC. The summed E-state index contributed by atoms with van der Waals surface area (Å²) in [6, 6.07) is -0.975. The molecule has 19 heteroatoms. The molecule has 0 aromatic carbocycles. The number of amides is 1. The quantitative estimate of drug-likeness (QED) is 0.0199. The van der Waals surface area contributed by atoms with Gasteiger partial charge in [0, 0.05) is 6.42 Å². The zero-order valence-corrected chi connectivity index (χ0v) is 66.7. The molecule has 0 saturated carbocycles. The smallest absolute Gasteiger partial charge is 0.220 e. The van der Waals surface area contributed by atoms with E-state index in [4.69, 9.17) is 28.4 Å². The Bertz CT molecular complexity index is 2150. The number of carbonyl (C=O) groups is 1. The summed E-state index contributed by atoms with van der Waals surface area (Å²) in [5.74, 6) is -0.269. The molecule has 620 valence electrons. The second-order valence-corrected chi connectivity index (χ2v) is 31.0. The molecule has 0 aliphatic carbocycles. The molecule has 3 aliphatic rings. The second-order valence-electron chi connectivity index (χ2n) is 31.0. The van der Waals surface area contributed by atoms with Crippen LogP contribution in [-0.2, 0) is 33.2 Å². The van der Waals surface area contributed by atoms with Crippen molar-refractivity contribution in [2.45, 2.75) is 458 Å². The first-order valence-corrected chi connectivity index (χ1v) is 43.5. The van der Waals surface area contributed by atoms with E-state index >= 15 is 0 Å². The van der Waals surface area contributed by atoms with Gasteiger partial charge in [-0.1, -0.05) is 351 Å². The van der Waals surface area contributed by atoms with Crippen molar-refractivity contribution >= 4 is 5.91 Å². The normalized spacial score (nSPS) is 25.9. The highest BCUT2D eigenvalue weighted by atomic mass is 16.8. The van der Waals surface area contributed by atoms with Gasteiger partial charge in [-0.25, -0.2) is 0 Å². The third-order valence-electron chi connectivity index (χ3n) is 21.6. The van der Waals surface area contributed by atoms with Gasteiger partial charge in [-0.05, 0) is 57.8 Å². The van der Waals surface area contributed by atoms with Gasteiger partial charge in [-0.15, -0.1) is 0 Å². The van der Waals surface area contributed by atoms with E-state index in [-0.39, 0.29) is 18.9 Å². The topological polar surface area (TPSA) is 307 Å². The summed E-state index contributed by atoms with van der Waals surface area (Å²) in [5, 5.41) is 121. The van der Waals surface area contributed by atoms with Crippen LogP contribution in [0.2, 0.25) is 0 Å². The Balaban J connectivity index is 1.33. The van der Waals surface area contributed by atoms with E-state index in [1.54, 1.807) is 6.08 Å². The minimum Gasteiger partial charge on any atom is -0.394 e. The van der Waals surface area contributed by atoms with E-state index in [2.05, 4.69) is 67.8 Å². The predicted molar refractivity (Wildman–Crippen MR) is 425 cm³/mol. The molecule has 12 N–H and O–H groups in total. The van der Waals surface area contributed by atoms with Crippen molar-refractivity contribution in [1.82, 2.24) is 5.32 Å². The van der Waals surface area contributed by atoms with Crippen LogP contribution in [0.4, 0.5) is 0 Å². The van der Waals surface area contributed by atoms with Crippen LogP contribution < -0.4 is 5.32 Å². The minimum atomic E-state index is -1.98. The third kappa shape index (κ3) is 45.9. The van der Waals surface area contributed by atoms with Crippen LogP contribution in [0.3, 0.4) is 0 Å². The van der Waals surface area contributed by atoms with Crippen molar-refractivity contribution in [1.29, 1.82) is 0 Å². The zero-order chi connectivity index (χ0) is 76.7. The Labute approximate surface area is 643 Å². The van der Waals surface area contributed by atoms with Gasteiger partial charge in [0.15, 0.2) is 18.9 Å². The van der Waals surface area contributed by atoms with Crippen molar-refractivity contribution in [2.24, 2.45) is 0 Å². The van der Waals surface area contributed by atoms with Crippen molar-refractivity contribution < 1.29 is 89.4 Å². The molecular formula is C87H159NO18. The molecule has 3 fully saturated rings. The van der Waals surface area contributed by atoms with Crippen LogP contribution in [0.15, 0.2) is 60.8 Å². The van der Waals surface area contributed by atoms with E-state index < -0.39 is 124 Å². The van der Waals surface area contributed by atoms with Crippen molar-refractivity contribution in [3.63, 3.8) is 0 Å². The van der Waals surface area contributed by atoms with E-state index in [0.29, 0.717) is 6.42 Å². The molecule has 0 aromatic rings. The monoisotopic (exact) mass is 1510 g/mol. The maximum atomic E-state index is 13.5. The van der Waals surface area contributed by atoms with Gasteiger partial charge in [0.05, 0.1) is 38.6 Å². The zero-order valence-electron chi connectivity index (χ0n) is 66.7. The van der Waals surface area contributed by atoms with Crippen LogP contribution >= 0.6 is 0 Å². The number of ether oxygens (including phenoxy) is 6. The van der Waals surface area contributed by atoms with E-state index in [0.717, 1.165) is 70.6 Å². The third-order valence-corrected chi connectivity index (χ3v) is 21.6. The van der Waals surface area contributed by atoms with Crippen LogP contribution in [0.1, 0.15) is 354 Å². The fourth-order valence-electron chi connectivity index (χ4n) is 14.7. The molecule has 3 saturated heterocycles. The molecule has 1 amide bonds. The number of aliphatic hydroxyl groups is 11. The second kappa shape index (κ2) is 67.0. The van der Waals surface area contributed by atoms with Gasteiger partial charge in [0.1, 0.15) is 73.2 Å². The van der Waals surface area contributed by atoms with E-state index in [1.807, 2.05) is 6.08 Å². The lowest BCUT2D eigenvalue weighted by atomic mass is 9.96. The summed E-state index contributed by atoms with van der Waals surface area (Å²) in [7, 11) is 0. The standard InChI is InChI=1S/C87H159NO18/c1-3-5-7-9-11-13-15-17-19-21-23-25-27-29-31-32-33-34-35-36-37-38-39-41-43-45-47-49-51-53-55-57-59-61-63-65-75(93)88-70(71(92)64-62-60-58-56-54-52-50-48-46-44-42-40-30-28-26-24-22-20-18-16-14-12-10-8-6-4-2)69-101-85-81(99)78(96)83(73(67-90)103-85)106-87-82(100)79(97)84(74(68-91)104-87)105-86-80(98)77(95)76(94)72(66-89)102-86/h5,7,11,13,17,19,23,25,62,64,70-74,76-87,89-92,94-100H,3-4,6,8-10,12,14-16,18,20-22,24,26-61,63,65-69H2,1-2H3,(H,88,93)/b7-5-,13-11-,19-17-,25-23-,64-62+. The average molecular weight is 1510 g/mol. The Hall–Kier alpha value is -2.51. The van der Waals surface area contributed by atoms with Crippen LogP contribution in [0, 0.1) is 0 Å². The molecule has 3 heterocycles. The van der Waals surface area contributed by atoms with Crippen LogP contribution in [0.25, 0.3) is 0 Å². The number of hydrogen-bond donors (Lipinski definition) is 12. The number of unbranched alkanes of at least 4 members (excludes halogenated alkanes) is 46. The van der Waals surface area contributed by atoms with Gasteiger partial charge in [0.2, 0.25) is 5.91 Å². The first kappa shape index (κ1) is 97.7. The van der Waals surface area contributed by atoms with Gasteiger partial charge in [-0.3, -0.25) is 4.79 Å². The maximum Gasteiger partial charge on any atom is 0.220 e. The highest BCUT2D eigenvalue weighted by Crippen LogP contribution is 2.33.